The number of hydrogen-bond acceptors (Lipinski definition) is 2. The van der Waals surface area contributed by atoms with Gasteiger partial charge in [0.05, 0.1) is 11.6 Å². The maximum absolute atomic E-state index is 9.42. The van der Waals surface area contributed by atoms with E-state index in [0.29, 0.717) is 22.2 Å². The van der Waals surface area contributed by atoms with Gasteiger partial charge in [0.25, 0.3) is 0 Å². The molecule has 0 aromatic heterocycles. The molecular formula is C22H15Cl2NO. The van der Waals surface area contributed by atoms with Crippen LogP contribution in [0.5, 0.6) is 5.75 Å². The van der Waals surface area contributed by atoms with Crippen LogP contribution in [0, 0.1) is 11.3 Å². The molecule has 0 amide bonds. The molecule has 0 aliphatic rings. The van der Waals surface area contributed by atoms with E-state index >= 15 is 0 Å². The van der Waals surface area contributed by atoms with Crippen LogP contribution in [0.25, 0.3) is 11.6 Å². The maximum Gasteiger partial charge on any atom is 0.119 e. The Kier molecular flexibility index (Phi) is 5.96. The van der Waals surface area contributed by atoms with Gasteiger partial charge in [0.2, 0.25) is 0 Å². The molecule has 0 fully saturated rings. The average Bonchev–Trinajstić information content (AvgIpc) is 2.66. The molecule has 0 atom stereocenters. The van der Waals surface area contributed by atoms with Gasteiger partial charge >= 0.3 is 0 Å². The van der Waals surface area contributed by atoms with Crippen LogP contribution in [0.1, 0.15) is 16.7 Å². The van der Waals surface area contributed by atoms with Gasteiger partial charge in [0, 0.05) is 15.6 Å². The van der Waals surface area contributed by atoms with Crippen molar-refractivity contribution in [1.82, 2.24) is 0 Å². The lowest BCUT2D eigenvalue weighted by Crippen LogP contribution is -1.95. The van der Waals surface area contributed by atoms with Crippen molar-refractivity contribution in [2.75, 3.05) is 0 Å². The van der Waals surface area contributed by atoms with Crippen LogP contribution >= 0.6 is 23.2 Å². The number of hydrogen-bond donors (Lipinski definition) is 0. The lowest BCUT2D eigenvalue weighted by molar-refractivity contribution is 0.306. The molecule has 128 valence electrons. The Morgan fingerprint density at radius 2 is 1.73 bits per heavy atom. The third-order valence-corrected chi connectivity index (χ3v) is 4.40. The molecule has 3 aromatic carbocycles. The van der Waals surface area contributed by atoms with Crippen molar-refractivity contribution >= 4 is 34.9 Å². The molecule has 0 saturated carbocycles. The van der Waals surface area contributed by atoms with Crippen molar-refractivity contribution < 1.29 is 4.74 Å². The zero-order valence-electron chi connectivity index (χ0n) is 13.8. The normalized spacial score (nSPS) is 11.0. The standard InChI is InChI=1S/C22H15Cl2NO/c23-20-6-3-5-17(13-20)19(14-25)12-16-8-10-21(11-9-16)26-15-18-4-1-2-7-22(18)24/h1-13H,15H2/b19-12-. The van der Waals surface area contributed by atoms with E-state index in [9.17, 15) is 5.26 Å². The first-order valence-corrected chi connectivity index (χ1v) is 8.75. The molecule has 0 unspecified atom stereocenters. The van der Waals surface area contributed by atoms with Crippen LogP contribution in [0.15, 0.2) is 72.8 Å². The highest BCUT2D eigenvalue weighted by Gasteiger charge is 2.03. The number of benzene rings is 3. The first-order valence-electron chi connectivity index (χ1n) is 8.00. The van der Waals surface area contributed by atoms with Gasteiger partial charge in [0.1, 0.15) is 12.4 Å². The first kappa shape index (κ1) is 18.1. The van der Waals surface area contributed by atoms with Crippen LogP contribution in [0.2, 0.25) is 10.0 Å². The topological polar surface area (TPSA) is 33.0 Å². The third kappa shape index (κ3) is 4.67. The van der Waals surface area contributed by atoms with E-state index in [0.717, 1.165) is 22.4 Å². The van der Waals surface area contributed by atoms with E-state index < -0.39 is 0 Å². The number of halogens is 2. The number of nitriles is 1. The molecule has 0 heterocycles. The SMILES string of the molecule is N#C/C(=C/c1ccc(OCc2ccccc2Cl)cc1)c1cccc(Cl)c1. The Balaban J connectivity index is 1.73. The molecular weight excluding hydrogens is 365 g/mol. The molecule has 3 aromatic rings. The second-order valence-electron chi connectivity index (χ2n) is 5.63. The third-order valence-electron chi connectivity index (χ3n) is 3.80. The molecule has 0 spiro atoms. The fourth-order valence-electron chi connectivity index (χ4n) is 2.44. The molecule has 4 heteroatoms. The van der Waals surface area contributed by atoms with Gasteiger partial charge < -0.3 is 4.74 Å². The van der Waals surface area contributed by atoms with Gasteiger partial charge in [-0.2, -0.15) is 5.26 Å². The Morgan fingerprint density at radius 3 is 2.42 bits per heavy atom. The number of rotatable bonds is 5. The fraction of sp³-hybridized carbons (Fsp3) is 0.0455. The van der Waals surface area contributed by atoms with Crippen molar-refractivity contribution in [3.63, 3.8) is 0 Å². The molecule has 0 bridgehead atoms. The van der Waals surface area contributed by atoms with Crippen molar-refractivity contribution in [3.05, 3.63) is 99.5 Å². The van der Waals surface area contributed by atoms with Crippen LogP contribution in [-0.4, -0.2) is 0 Å². The highest BCUT2D eigenvalue weighted by Crippen LogP contribution is 2.23. The summed E-state index contributed by atoms with van der Waals surface area (Å²) in [7, 11) is 0. The quantitative estimate of drug-likeness (QED) is 0.367. The van der Waals surface area contributed by atoms with Crippen LogP contribution < -0.4 is 4.74 Å². The van der Waals surface area contributed by atoms with E-state index in [1.807, 2.05) is 66.7 Å². The summed E-state index contributed by atoms with van der Waals surface area (Å²) in [5, 5.41) is 10.7. The number of nitrogens with zero attached hydrogens (tertiary/aromatic N) is 1. The predicted molar refractivity (Wildman–Crippen MR) is 107 cm³/mol. The molecule has 0 aliphatic carbocycles. The minimum atomic E-state index is 0.404. The largest absolute Gasteiger partial charge is 0.489 e. The Labute approximate surface area is 162 Å². The number of ether oxygens (including phenoxy) is 1. The zero-order valence-corrected chi connectivity index (χ0v) is 15.3. The smallest absolute Gasteiger partial charge is 0.119 e. The van der Waals surface area contributed by atoms with Gasteiger partial charge in [-0.15, -0.1) is 0 Å². The molecule has 2 nitrogen and oxygen atoms in total. The molecule has 0 aliphatic heterocycles. The van der Waals surface area contributed by atoms with E-state index in [4.69, 9.17) is 27.9 Å². The van der Waals surface area contributed by atoms with E-state index in [-0.39, 0.29) is 0 Å². The summed E-state index contributed by atoms with van der Waals surface area (Å²) in [5.74, 6) is 0.739. The van der Waals surface area contributed by atoms with Gasteiger partial charge in [-0.3, -0.25) is 0 Å². The van der Waals surface area contributed by atoms with E-state index in [2.05, 4.69) is 6.07 Å². The summed E-state index contributed by atoms with van der Waals surface area (Å²) in [5.41, 5.74) is 3.19. The second-order valence-corrected chi connectivity index (χ2v) is 6.47. The monoisotopic (exact) mass is 379 g/mol. The van der Waals surface area contributed by atoms with E-state index in [1.54, 1.807) is 12.1 Å². The van der Waals surface area contributed by atoms with Gasteiger partial charge in [-0.25, -0.2) is 0 Å². The Bertz CT molecular complexity index is 972. The van der Waals surface area contributed by atoms with Crippen molar-refractivity contribution in [3.8, 4) is 11.8 Å². The van der Waals surface area contributed by atoms with Crippen molar-refractivity contribution in [1.29, 1.82) is 5.26 Å². The summed E-state index contributed by atoms with van der Waals surface area (Å²) < 4.78 is 5.77. The molecule has 0 radical (unpaired) electrons. The van der Waals surface area contributed by atoms with E-state index in [1.165, 1.54) is 0 Å². The average molecular weight is 380 g/mol. The zero-order chi connectivity index (χ0) is 18.4. The Hall–Kier alpha value is -2.73. The lowest BCUT2D eigenvalue weighted by atomic mass is 10.0. The summed E-state index contributed by atoms with van der Waals surface area (Å²) in [4.78, 5) is 0. The lowest BCUT2D eigenvalue weighted by Gasteiger charge is -2.08. The van der Waals surface area contributed by atoms with Crippen LogP contribution in [0.4, 0.5) is 0 Å². The fourth-order valence-corrected chi connectivity index (χ4v) is 2.82. The maximum atomic E-state index is 9.42. The molecule has 3 rings (SSSR count). The van der Waals surface area contributed by atoms with Crippen LogP contribution in [-0.2, 0) is 6.61 Å². The Morgan fingerprint density at radius 1 is 0.962 bits per heavy atom. The van der Waals surface area contributed by atoms with Gasteiger partial charge in [-0.05, 0) is 47.5 Å². The molecule has 26 heavy (non-hydrogen) atoms. The first-order chi connectivity index (χ1) is 12.7. The second kappa shape index (κ2) is 8.58. The molecule has 0 N–H and O–H groups in total. The summed E-state index contributed by atoms with van der Waals surface area (Å²) in [6, 6.07) is 24.6. The van der Waals surface area contributed by atoms with Crippen LogP contribution in [0.3, 0.4) is 0 Å². The van der Waals surface area contributed by atoms with Crippen molar-refractivity contribution in [2.45, 2.75) is 6.61 Å². The van der Waals surface area contributed by atoms with Gasteiger partial charge in [0.15, 0.2) is 0 Å². The summed E-state index contributed by atoms with van der Waals surface area (Å²) >= 11 is 12.1. The molecule has 0 saturated heterocycles. The highest BCUT2D eigenvalue weighted by atomic mass is 35.5. The van der Waals surface area contributed by atoms with Gasteiger partial charge in [-0.1, -0.05) is 65.7 Å². The summed E-state index contributed by atoms with van der Waals surface area (Å²) in [6.45, 7) is 0.404. The minimum Gasteiger partial charge on any atom is -0.489 e. The summed E-state index contributed by atoms with van der Waals surface area (Å²) in [6.07, 6.45) is 1.82. The van der Waals surface area contributed by atoms with Crippen molar-refractivity contribution in [2.24, 2.45) is 0 Å². The highest BCUT2D eigenvalue weighted by molar-refractivity contribution is 6.31. The predicted octanol–water partition coefficient (Wildman–Crippen LogP) is 6.64. The number of allylic oxidation sites excluding steroid dienone is 1. The minimum absolute atomic E-state index is 0.404.